The molecule has 7 unspecified atom stereocenters. The van der Waals surface area contributed by atoms with Crippen LogP contribution in [-0.4, -0.2) is 127 Å². The smallest absolute Gasteiger partial charge is 0.142 e. The molecule has 7 aliphatic rings. The molecule has 2 aliphatic carbocycles. The van der Waals surface area contributed by atoms with E-state index in [0.29, 0.717) is 44.2 Å². The third-order valence-electron chi connectivity index (χ3n) is 11.1. The molecule has 0 aromatic rings. The second-order valence-electron chi connectivity index (χ2n) is 13.5. The molecule has 39 heavy (non-hydrogen) atoms. The fourth-order valence-corrected chi connectivity index (χ4v) is 8.41. The van der Waals surface area contributed by atoms with Gasteiger partial charge in [0.2, 0.25) is 0 Å². The molecule has 5 saturated heterocycles. The van der Waals surface area contributed by atoms with E-state index in [0.717, 1.165) is 31.0 Å². The molecular weight excluding hydrogens is 500 g/mol. The Kier molecular flexibility index (Phi) is 7.93. The van der Waals surface area contributed by atoms with Crippen LogP contribution in [0.1, 0.15) is 44.9 Å². The summed E-state index contributed by atoms with van der Waals surface area (Å²) in [5.74, 6) is 2.41. The van der Waals surface area contributed by atoms with Crippen molar-refractivity contribution < 1.29 is 19.7 Å². The number of hydrogen-bond donors (Lipinski definition) is 8. The maximum Gasteiger partial charge on any atom is 0.142 e. The Hall–Kier alpha value is -0.480. The molecule has 0 aromatic carbocycles. The van der Waals surface area contributed by atoms with Gasteiger partial charge in [0, 0.05) is 37.3 Å². The Morgan fingerprint density at radius 2 is 1.77 bits per heavy atom. The van der Waals surface area contributed by atoms with Gasteiger partial charge in [-0.05, 0) is 63.8 Å². The van der Waals surface area contributed by atoms with Gasteiger partial charge in [-0.3, -0.25) is 26.6 Å². The van der Waals surface area contributed by atoms with E-state index in [-0.39, 0.29) is 18.4 Å². The standard InChI is InChI=1S/C27H50N8O4/c1-34(9-20-23(36)24(37)27(39-20)35-13-31-22-25(28)29-12-30-26(22)35)17-6-14(7-17)2-5-21-32-18-4-3-15(8-19(18)33-21)16-10-38-11-16/h14-27,29-33,36-37H,2-13,28H2,1H3/t14?,15?,17?,18?,19?,20-,21?,22?,23-,24-,25?,26?,27+/m1/s1. The summed E-state index contributed by atoms with van der Waals surface area (Å²) in [7, 11) is 2.13. The van der Waals surface area contributed by atoms with Crippen molar-refractivity contribution in [3.8, 4) is 0 Å². The SMILES string of the molecule is CN(C[C@H]1O[C@H](N2CNC3C(N)NCNC32)[C@H](O)[C@@H]1O)C1CC(CCC2NC3CCC(C4COC4)CC3N2)C1. The van der Waals surface area contributed by atoms with Gasteiger partial charge in [-0.15, -0.1) is 0 Å². The van der Waals surface area contributed by atoms with Gasteiger partial charge < -0.3 is 30.3 Å². The molecular formula is C27H50N8O4. The summed E-state index contributed by atoms with van der Waals surface area (Å²) in [6.07, 6.45) is 6.25. The maximum atomic E-state index is 10.9. The number of nitrogens with two attached hydrogens (primary N) is 1. The number of hydrogen-bond acceptors (Lipinski definition) is 12. The molecule has 12 nitrogen and oxygen atoms in total. The van der Waals surface area contributed by atoms with Crippen molar-refractivity contribution in [1.29, 1.82) is 0 Å². The molecule has 5 heterocycles. The lowest BCUT2D eigenvalue weighted by atomic mass is 9.75. The maximum absolute atomic E-state index is 10.9. The molecule has 0 spiro atoms. The van der Waals surface area contributed by atoms with Crippen molar-refractivity contribution in [2.24, 2.45) is 23.5 Å². The van der Waals surface area contributed by atoms with E-state index >= 15 is 0 Å². The zero-order chi connectivity index (χ0) is 26.7. The zero-order valence-corrected chi connectivity index (χ0v) is 23.3. The van der Waals surface area contributed by atoms with Gasteiger partial charge in [0.05, 0.1) is 44.4 Å². The Morgan fingerprint density at radius 1 is 0.949 bits per heavy atom. The Morgan fingerprint density at radius 3 is 2.56 bits per heavy atom. The first-order valence-corrected chi connectivity index (χ1v) is 15.5. The van der Waals surface area contributed by atoms with Gasteiger partial charge in [-0.1, -0.05) is 0 Å². The molecule has 7 rings (SSSR count). The third-order valence-corrected chi connectivity index (χ3v) is 11.1. The summed E-state index contributed by atoms with van der Waals surface area (Å²) < 4.78 is 11.7. The van der Waals surface area contributed by atoms with Crippen LogP contribution < -0.4 is 32.3 Å². The first kappa shape index (κ1) is 27.4. The van der Waals surface area contributed by atoms with Crippen LogP contribution in [0.15, 0.2) is 0 Å². The lowest BCUT2D eigenvalue weighted by Crippen LogP contribution is -2.68. The lowest BCUT2D eigenvalue weighted by molar-refractivity contribution is -0.108. The first-order chi connectivity index (χ1) is 18.9. The third kappa shape index (κ3) is 5.30. The summed E-state index contributed by atoms with van der Waals surface area (Å²) in [6.45, 7) is 3.74. The minimum atomic E-state index is -0.946. The quantitative estimate of drug-likeness (QED) is 0.163. The molecule has 9 N–H and O–H groups in total. The van der Waals surface area contributed by atoms with E-state index in [2.05, 4.69) is 43.4 Å². The van der Waals surface area contributed by atoms with Crippen molar-refractivity contribution >= 4 is 0 Å². The highest BCUT2D eigenvalue weighted by Gasteiger charge is 2.52. The van der Waals surface area contributed by atoms with Gasteiger partial charge >= 0.3 is 0 Å². The molecule has 0 bridgehead atoms. The highest BCUT2D eigenvalue weighted by molar-refractivity contribution is 5.03. The predicted octanol–water partition coefficient (Wildman–Crippen LogP) is -2.38. The number of nitrogens with zero attached hydrogens (tertiary/aromatic N) is 2. The van der Waals surface area contributed by atoms with E-state index in [1.807, 2.05) is 0 Å². The highest BCUT2D eigenvalue weighted by atomic mass is 16.6. The summed E-state index contributed by atoms with van der Waals surface area (Å²) in [5, 5.41) is 39.5. The summed E-state index contributed by atoms with van der Waals surface area (Å²) in [6, 6.07) is 1.82. The van der Waals surface area contributed by atoms with E-state index in [1.54, 1.807) is 0 Å². The second kappa shape index (κ2) is 11.3. The Balaban J connectivity index is 0.832. The topological polar surface area (TPSA) is 152 Å². The van der Waals surface area contributed by atoms with Gasteiger partial charge in [0.1, 0.15) is 24.5 Å². The molecule has 12 heteroatoms. The van der Waals surface area contributed by atoms with Gasteiger partial charge in [-0.2, -0.15) is 0 Å². The van der Waals surface area contributed by atoms with E-state index in [1.165, 1.54) is 44.9 Å². The van der Waals surface area contributed by atoms with Crippen LogP contribution >= 0.6 is 0 Å². The Bertz CT molecular complexity index is 849. The zero-order valence-electron chi connectivity index (χ0n) is 23.3. The molecule has 0 aromatic heterocycles. The molecule has 11 atom stereocenters. The molecule has 0 amide bonds. The predicted molar refractivity (Wildman–Crippen MR) is 145 cm³/mol. The van der Waals surface area contributed by atoms with Crippen molar-refractivity contribution in [3.63, 3.8) is 0 Å². The van der Waals surface area contributed by atoms with Gasteiger partial charge in [0.15, 0.2) is 0 Å². The number of rotatable bonds is 8. The number of aliphatic hydroxyl groups excluding tert-OH is 2. The largest absolute Gasteiger partial charge is 0.387 e. The van der Waals surface area contributed by atoms with E-state index in [4.69, 9.17) is 15.2 Å². The monoisotopic (exact) mass is 550 g/mol. The average Bonchev–Trinajstić information content (AvgIpc) is 3.54. The van der Waals surface area contributed by atoms with Crippen LogP contribution in [0.25, 0.3) is 0 Å². The minimum absolute atomic E-state index is 0.0263. The average molecular weight is 551 g/mol. The van der Waals surface area contributed by atoms with Crippen LogP contribution in [0.5, 0.6) is 0 Å². The van der Waals surface area contributed by atoms with Gasteiger partial charge in [-0.25, -0.2) is 4.90 Å². The van der Waals surface area contributed by atoms with E-state index < -0.39 is 24.5 Å². The molecule has 2 saturated carbocycles. The number of ether oxygens (including phenoxy) is 2. The van der Waals surface area contributed by atoms with Crippen molar-refractivity contribution in [2.45, 2.75) is 112 Å². The second-order valence-corrected chi connectivity index (χ2v) is 13.5. The highest BCUT2D eigenvalue weighted by Crippen LogP contribution is 2.38. The molecule has 0 radical (unpaired) electrons. The fourth-order valence-electron chi connectivity index (χ4n) is 8.41. The van der Waals surface area contributed by atoms with Gasteiger partial charge in [0.25, 0.3) is 0 Å². The lowest BCUT2D eigenvalue weighted by Gasteiger charge is -2.42. The summed E-state index contributed by atoms with van der Waals surface area (Å²) in [4.78, 5) is 4.38. The van der Waals surface area contributed by atoms with E-state index in [9.17, 15) is 10.2 Å². The molecule has 5 aliphatic heterocycles. The van der Waals surface area contributed by atoms with Crippen LogP contribution in [0.3, 0.4) is 0 Å². The molecule has 222 valence electrons. The van der Waals surface area contributed by atoms with Crippen LogP contribution in [0.2, 0.25) is 0 Å². The number of fused-ring (bicyclic) bond motifs is 2. The molecule has 7 fully saturated rings. The number of likely N-dealkylation sites (N-methyl/N-ethyl adjacent to an activating group) is 1. The normalized spacial score (nSPS) is 50.5. The van der Waals surface area contributed by atoms with Crippen LogP contribution in [0, 0.1) is 17.8 Å². The number of aliphatic hydroxyl groups is 2. The Labute approximate surface area is 232 Å². The van der Waals surface area contributed by atoms with Crippen LogP contribution in [-0.2, 0) is 9.47 Å². The van der Waals surface area contributed by atoms with Crippen molar-refractivity contribution in [2.75, 3.05) is 40.1 Å². The van der Waals surface area contributed by atoms with Crippen molar-refractivity contribution in [1.82, 2.24) is 36.4 Å². The first-order valence-electron chi connectivity index (χ1n) is 15.5. The number of nitrogens with one attached hydrogen (secondary N) is 5. The summed E-state index contributed by atoms with van der Waals surface area (Å²) in [5.41, 5.74) is 6.20. The minimum Gasteiger partial charge on any atom is -0.387 e. The fraction of sp³-hybridized carbons (Fsp3) is 1.00. The van der Waals surface area contributed by atoms with Crippen molar-refractivity contribution in [3.05, 3.63) is 0 Å². The van der Waals surface area contributed by atoms with Crippen LogP contribution in [0.4, 0.5) is 0 Å². The summed E-state index contributed by atoms with van der Waals surface area (Å²) >= 11 is 0.